The summed E-state index contributed by atoms with van der Waals surface area (Å²) in [6.45, 7) is 6.68. The van der Waals surface area contributed by atoms with E-state index in [1.807, 2.05) is 0 Å². The molecule has 0 amide bonds. The number of rotatable bonds is 4. The monoisotopic (exact) mass is 459 g/mol. The molecule has 0 saturated heterocycles. The number of aryl methyl sites for hydroxylation is 1. The average molecular weight is 460 g/mol. The molecule has 0 aromatic heterocycles. The highest BCUT2D eigenvalue weighted by Crippen LogP contribution is 2.55. The molecule has 0 radical (unpaired) electrons. The van der Waals surface area contributed by atoms with Crippen LogP contribution in [0.4, 0.5) is 17.1 Å². The van der Waals surface area contributed by atoms with Crippen LogP contribution in [0.25, 0.3) is 11.1 Å². The second-order valence-electron chi connectivity index (χ2n) is 10.6. The summed E-state index contributed by atoms with van der Waals surface area (Å²) in [5.74, 6) is 0. The van der Waals surface area contributed by atoms with E-state index >= 15 is 0 Å². The Bertz CT molecular complexity index is 1310. The SMILES string of the molecule is Cc1ccc(N(c2ccccc2)c2ccccc2)cc1-c1ccc2c(c1)C(C)(C)OC21CCCC1. The Kier molecular flexibility index (Phi) is 5.30. The van der Waals surface area contributed by atoms with E-state index in [-0.39, 0.29) is 11.2 Å². The fourth-order valence-electron chi connectivity index (χ4n) is 6.18. The smallest absolute Gasteiger partial charge is 0.0946 e. The Hall–Kier alpha value is -3.36. The van der Waals surface area contributed by atoms with Gasteiger partial charge in [0.05, 0.1) is 11.2 Å². The molecule has 1 aliphatic carbocycles. The fourth-order valence-corrected chi connectivity index (χ4v) is 6.18. The van der Waals surface area contributed by atoms with Gasteiger partial charge in [-0.1, -0.05) is 67.4 Å². The van der Waals surface area contributed by atoms with Crippen LogP contribution in [0, 0.1) is 6.92 Å². The third kappa shape index (κ3) is 3.77. The quantitative estimate of drug-likeness (QED) is 0.302. The maximum Gasteiger partial charge on any atom is 0.0946 e. The van der Waals surface area contributed by atoms with E-state index in [2.05, 4.69) is 123 Å². The molecule has 4 aromatic carbocycles. The highest BCUT2D eigenvalue weighted by atomic mass is 16.5. The summed E-state index contributed by atoms with van der Waals surface area (Å²) in [5.41, 5.74) is 9.69. The van der Waals surface area contributed by atoms with Crippen molar-refractivity contribution in [3.05, 3.63) is 114 Å². The summed E-state index contributed by atoms with van der Waals surface area (Å²) < 4.78 is 6.76. The average Bonchev–Trinajstić information content (AvgIpc) is 3.43. The van der Waals surface area contributed by atoms with Gasteiger partial charge in [0, 0.05) is 17.1 Å². The van der Waals surface area contributed by atoms with E-state index in [1.54, 1.807) is 0 Å². The van der Waals surface area contributed by atoms with E-state index < -0.39 is 0 Å². The molecule has 1 spiro atoms. The lowest BCUT2D eigenvalue weighted by Gasteiger charge is -2.28. The molecule has 2 heteroatoms. The first-order chi connectivity index (χ1) is 17.0. The van der Waals surface area contributed by atoms with Crippen molar-refractivity contribution in [2.75, 3.05) is 4.90 Å². The highest BCUT2D eigenvalue weighted by molar-refractivity contribution is 5.81. The van der Waals surface area contributed by atoms with Crippen LogP contribution in [-0.2, 0) is 15.9 Å². The molecule has 176 valence electrons. The molecular formula is C33H33NO. The molecule has 0 unspecified atom stereocenters. The number of hydrogen-bond acceptors (Lipinski definition) is 2. The molecule has 0 atom stereocenters. The number of benzene rings is 4. The Balaban J connectivity index is 1.47. The second kappa shape index (κ2) is 8.39. The largest absolute Gasteiger partial charge is 0.360 e. The molecular weight excluding hydrogens is 426 g/mol. The first-order valence-corrected chi connectivity index (χ1v) is 12.8. The second-order valence-corrected chi connectivity index (χ2v) is 10.6. The first-order valence-electron chi connectivity index (χ1n) is 12.8. The molecule has 1 heterocycles. The zero-order chi connectivity index (χ0) is 24.0. The van der Waals surface area contributed by atoms with Crippen molar-refractivity contribution in [1.82, 2.24) is 0 Å². The fraction of sp³-hybridized carbons (Fsp3) is 0.273. The van der Waals surface area contributed by atoms with Crippen LogP contribution in [0.1, 0.15) is 56.2 Å². The summed E-state index contributed by atoms with van der Waals surface area (Å²) in [6, 6.07) is 35.1. The zero-order valence-corrected chi connectivity index (χ0v) is 20.9. The van der Waals surface area contributed by atoms with E-state index in [1.165, 1.54) is 40.7 Å². The molecule has 2 aliphatic rings. The van der Waals surface area contributed by atoms with Gasteiger partial charge in [-0.05, 0) is 104 Å². The maximum absolute atomic E-state index is 6.76. The van der Waals surface area contributed by atoms with E-state index in [0.29, 0.717) is 0 Å². The van der Waals surface area contributed by atoms with Gasteiger partial charge < -0.3 is 9.64 Å². The van der Waals surface area contributed by atoms with Crippen LogP contribution in [0.15, 0.2) is 97.1 Å². The summed E-state index contributed by atoms with van der Waals surface area (Å²) >= 11 is 0. The van der Waals surface area contributed by atoms with E-state index in [4.69, 9.17) is 4.74 Å². The van der Waals surface area contributed by atoms with Crippen molar-refractivity contribution < 1.29 is 4.74 Å². The van der Waals surface area contributed by atoms with Gasteiger partial charge in [0.15, 0.2) is 0 Å². The Morgan fingerprint density at radius 2 is 1.29 bits per heavy atom. The topological polar surface area (TPSA) is 12.5 Å². The number of ether oxygens (including phenoxy) is 1. The van der Waals surface area contributed by atoms with Gasteiger partial charge in [-0.3, -0.25) is 0 Å². The number of fused-ring (bicyclic) bond motifs is 2. The minimum absolute atomic E-state index is 0.0777. The van der Waals surface area contributed by atoms with Crippen LogP contribution < -0.4 is 4.90 Å². The van der Waals surface area contributed by atoms with Crippen molar-refractivity contribution in [2.24, 2.45) is 0 Å². The minimum Gasteiger partial charge on any atom is -0.360 e. The first kappa shape index (κ1) is 22.1. The standard InChI is InChI=1S/C33H33NO/c1-24-16-18-28(34(26-12-6-4-7-13-26)27-14-8-5-9-15-27)23-29(24)25-17-19-30-31(22-25)32(2,3)35-33(30)20-10-11-21-33/h4-9,12-19,22-23H,10-11,20-21H2,1-3H3. The van der Waals surface area contributed by atoms with Crippen LogP contribution in [0.5, 0.6) is 0 Å². The maximum atomic E-state index is 6.76. The third-order valence-corrected chi connectivity index (χ3v) is 7.84. The van der Waals surface area contributed by atoms with Crippen molar-refractivity contribution in [3.63, 3.8) is 0 Å². The van der Waals surface area contributed by atoms with Crippen molar-refractivity contribution in [3.8, 4) is 11.1 Å². The molecule has 1 fully saturated rings. The molecule has 6 rings (SSSR count). The minimum atomic E-state index is -0.263. The molecule has 2 nitrogen and oxygen atoms in total. The Labute approximate surface area is 209 Å². The van der Waals surface area contributed by atoms with Crippen molar-refractivity contribution >= 4 is 17.1 Å². The van der Waals surface area contributed by atoms with Gasteiger partial charge in [-0.25, -0.2) is 0 Å². The molecule has 0 bridgehead atoms. The third-order valence-electron chi connectivity index (χ3n) is 7.84. The molecule has 1 saturated carbocycles. The predicted octanol–water partition coefficient (Wildman–Crippen LogP) is 9.17. The lowest BCUT2D eigenvalue weighted by molar-refractivity contribution is -0.122. The van der Waals surface area contributed by atoms with Crippen LogP contribution in [0.3, 0.4) is 0 Å². The Morgan fingerprint density at radius 1 is 0.657 bits per heavy atom. The summed E-state index contributed by atoms with van der Waals surface area (Å²) in [4.78, 5) is 2.33. The lowest BCUT2D eigenvalue weighted by atomic mass is 9.85. The summed E-state index contributed by atoms with van der Waals surface area (Å²) in [5, 5.41) is 0. The van der Waals surface area contributed by atoms with Gasteiger partial charge in [0.1, 0.15) is 0 Å². The van der Waals surface area contributed by atoms with E-state index in [0.717, 1.165) is 29.9 Å². The molecule has 0 N–H and O–H groups in total. The zero-order valence-electron chi connectivity index (χ0n) is 20.9. The van der Waals surface area contributed by atoms with Gasteiger partial charge in [0.25, 0.3) is 0 Å². The van der Waals surface area contributed by atoms with Gasteiger partial charge in [-0.15, -0.1) is 0 Å². The van der Waals surface area contributed by atoms with E-state index in [9.17, 15) is 0 Å². The van der Waals surface area contributed by atoms with Crippen LogP contribution >= 0.6 is 0 Å². The molecule has 1 aliphatic heterocycles. The van der Waals surface area contributed by atoms with Gasteiger partial charge in [0.2, 0.25) is 0 Å². The lowest BCUT2D eigenvalue weighted by Crippen LogP contribution is -2.25. The number of anilines is 3. The molecule has 4 aromatic rings. The normalized spacial score (nSPS) is 17.5. The number of hydrogen-bond donors (Lipinski definition) is 0. The van der Waals surface area contributed by atoms with Crippen molar-refractivity contribution in [1.29, 1.82) is 0 Å². The number of nitrogens with zero attached hydrogens (tertiary/aromatic N) is 1. The Morgan fingerprint density at radius 3 is 1.91 bits per heavy atom. The summed E-state index contributed by atoms with van der Waals surface area (Å²) in [7, 11) is 0. The summed E-state index contributed by atoms with van der Waals surface area (Å²) in [6.07, 6.45) is 4.79. The van der Waals surface area contributed by atoms with Crippen LogP contribution in [0.2, 0.25) is 0 Å². The number of para-hydroxylation sites is 2. The van der Waals surface area contributed by atoms with Crippen LogP contribution in [-0.4, -0.2) is 0 Å². The van der Waals surface area contributed by atoms with Gasteiger partial charge >= 0.3 is 0 Å². The van der Waals surface area contributed by atoms with Gasteiger partial charge in [-0.2, -0.15) is 0 Å². The highest BCUT2D eigenvalue weighted by Gasteiger charge is 2.50. The molecule has 35 heavy (non-hydrogen) atoms. The predicted molar refractivity (Wildman–Crippen MR) is 146 cm³/mol. The van der Waals surface area contributed by atoms with Crippen molar-refractivity contribution in [2.45, 2.75) is 57.7 Å².